The molecule has 0 saturated carbocycles. The highest BCUT2D eigenvalue weighted by molar-refractivity contribution is 6.02. The van der Waals surface area contributed by atoms with Crippen LogP contribution in [0.15, 0.2) is 60.9 Å². The number of amides is 2. The van der Waals surface area contributed by atoms with Crippen LogP contribution < -0.4 is 4.90 Å². The predicted octanol–water partition coefficient (Wildman–Crippen LogP) is 2.83. The number of hydrogen-bond acceptors (Lipinski definition) is 4. The number of nitriles is 1. The molecule has 1 aliphatic rings. The Morgan fingerprint density at radius 3 is 2.83 bits per heavy atom. The van der Waals surface area contributed by atoms with E-state index < -0.39 is 0 Å². The Morgan fingerprint density at radius 2 is 2.07 bits per heavy atom. The molecule has 2 amide bonds. The van der Waals surface area contributed by atoms with Gasteiger partial charge in [0.15, 0.2) is 0 Å². The minimum Gasteiger partial charge on any atom is -0.345 e. The van der Waals surface area contributed by atoms with Crippen molar-refractivity contribution in [3.8, 4) is 17.5 Å². The second-order valence-corrected chi connectivity index (χ2v) is 6.93. The van der Waals surface area contributed by atoms with Crippen LogP contribution in [0.3, 0.4) is 0 Å². The van der Waals surface area contributed by atoms with Gasteiger partial charge in [-0.05, 0) is 31.2 Å². The topological polar surface area (TPSA) is 93.1 Å². The van der Waals surface area contributed by atoms with Crippen molar-refractivity contribution in [3.63, 3.8) is 0 Å². The van der Waals surface area contributed by atoms with E-state index in [9.17, 15) is 14.9 Å². The monoisotopic (exact) mass is 385 g/mol. The molecule has 0 bridgehead atoms. The molecule has 144 valence electrons. The summed E-state index contributed by atoms with van der Waals surface area (Å²) in [4.78, 5) is 36.3. The summed E-state index contributed by atoms with van der Waals surface area (Å²) in [6.07, 6.45) is 3.38. The molecule has 2 heterocycles. The molecule has 1 saturated heterocycles. The lowest BCUT2D eigenvalue weighted by atomic mass is 10.1. The third-order valence-corrected chi connectivity index (χ3v) is 5.04. The van der Waals surface area contributed by atoms with Crippen LogP contribution in [-0.2, 0) is 4.79 Å². The summed E-state index contributed by atoms with van der Waals surface area (Å²) in [6.45, 7) is 2.20. The van der Waals surface area contributed by atoms with Gasteiger partial charge in [0, 0.05) is 36.1 Å². The molecule has 7 heteroatoms. The van der Waals surface area contributed by atoms with Crippen LogP contribution in [0.5, 0.6) is 0 Å². The predicted molar refractivity (Wildman–Crippen MR) is 108 cm³/mol. The van der Waals surface area contributed by atoms with Crippen LogP contribution in [0.2, 0.25) is 0 Å². The van der Waals surface area contributed by atoms with Crippen LogP contribution in [0.4, 0.5) is 5.69 Å². The Labute approximate surface area is 168 Å². The molecule has 1 fully saturated rings. The maximum atomic E-state index is 13.1. The highest BCUT2D eigenvalue weighted by Crippen LogP contribution is 2.25. The van der Waals surface area contributed by atoms with E-state index >= 15 is 0 Å². The maximum absolute atomic E-state index is 13.1. The molecule has 2 aromatic carbocycles. The quantitative estimate of drug-likeness (QED) is 0.750. The van der Waals surface area contributed by atoms with Crippen LogP contribution in [0.1, 0.15) is 22.8 Å². The second kappa shape index (κ2) is 7.60. The van der Waals surface area contributed by atoms with E-state index in [1.807, 2.05) is 13.0 Å². The van der Waals surface area contributed by atoms with Crippen LogP contribution in [0.25, 0.3) is 11.4 Å². The molecule has 1 atom stereocenters. The molecule has 0 aliphatic carbocycles. The number of piperazine rings is 1. The van der Waals surface area contributed by atoms with Gasteiger partial charge in [-0.15, -0.1) is 0 Å². The van der Waals surface area contributed by atoms with E-state index in [0.717, 1.165) is 5.56 Å². The molecule has 1 aromatic heterocycles. The molecule has 1 N–H and O–H groups in total. The highest BCUT2D eigenvalue weighted by Gasteiger charge is 2.34. The van der Waals surface area contributed by atoms with Gasteiger partial charge in [-0.3, -0.25) is 9.59 Å². The number of nitrogens with zero attached hydrogens (tertiary/aromatic N) is 4. The summed E-state index contributed by atoms with van der Waals surface area (Å²) < 4.78 is 0. The number of nitrogens with one attached hydrogen (secondary N) is 1. The number of rotatable bonds is 3. The number of aromatic amines is 1. The highest BCUT2D eigenvalue weighted by atomic mass is 16.2. The zero-order valence-electron chi connectivity index (χ0n) is 15.9. The Hall–Kier alpha value is -3.92. The molecule has 1 aliphatic heterocycles. The van der Waals surface area contributed by atoms with Crippen LogP contribution in [-0.4, -0.2) is 45.8 Å². The van der Waals surface area contributed by atoms with Gasteiger partial charge >= 0.3 is 0 Å². The first-order chi connectivity index (χ1) is 14.1. The van der Waals surface area contributed by atoms with Crippen molar-refractivity contribution in [1.29, 1.82) is 5.26 Å². The van der Waals surface area contributed by atoms with Gasteiger partial charge in [-0.1, -0.05) is 24.3 Å². The summed E-state index contributed by atoms with van der Waals surface area (Å²) in [5.41, 5.74) is 2.34. The molecule has 4 rings (SSSR count). The average Bonchev–Trinajstić information content (AvgIpc) is 3.30. The van der Waals surface area contributed by atoms with E-state index in [4.69, 9.17) is 0 Å². The van der Waals surface area contributed by atoms with Gasteiger partial charge in [0.25, 0.3) is 5.91 Å². The smallest absolute Gasteiger partial charge is 0.254 e. The molecular weight excluding hydrogens is 366 g/mol. The number of H-pyrrole nitrogens is 1. The Morgan fingerprint density at radius 1 is 1.24 bits per heavy atom. The molecule has 3 aromatic rings. The van der Waals surface area contributed by atoms with E-state index in [0.29, 0.717) is 29.2 Å². The number of hydrogen-bond donors (Lipinski definition) is 1. The number of aromatic nitrogens is 2. The van der Waals surface area contributed by atoms with E-state index in [2.05, 4.69) is 16.0 Å². The Balaban J connectivity index is 1.57. The van der Waals surface area contributed by atoms with Crippen molar-refractivity contribution < 1.29 is 9.59 Å². The van der Waals surface area contributed by atoms with Crippen molar-refractivity contribution in [2.24, 2.45) is 0 Å². The molecule has 0 spiro atoms. The van der Waals surface area contributed by atoms with Gasteiger partial charge in [0.1, 0.15) is 18.4 Å². The first-order valence-corrected chi connectivity index (χ1v) is 9.29. The third-order valence-electron chi connectivity index (χ3n) is 5.04. The molecule has 0 unspecified atom stereocenters. The van der Waals surface area contributed by atoms with E-state index in [1.165, 1.54) is 0 Å². The fraction of sp³-hybridized carbons (Fsp3) is 0.182. The number of benzene rings is 2. The Kier molecular flexibility index (Phi) is 4.83. The number of carbonyl (C=O) groups is 2. The van der Waals surface area contributed by atoms with Gasteiger partial charge in [0.05, 0.1) is 11.3 Å². The lowest BCUT2D eigenvalue weighted by Gasteiger charge is -2.39. The molecule has 29 heavy (non-hydrogen) atoms. The Bertz CT molecular complexity index is 1100. The molecular formula is C22H19N5O2. The fourth-order valence-corrected chi connectivity index (χ4v) is 3.55. The minimum absolute atomic E-state index is 0.0370. The first kappa shape index (κ1) is 18.4. The third kappa shape index (κ3) is 3.48. The lowest BCUT2D eigenvalue weighted by molar-refractivity contribution is -0.121. The SMILES string of the molecule is C[C@@H]1CN(c2ccccc2C#N)C(=O)CN1C(=O)c1cccc(-c2ncc[nH]2)c1. The van der Waals surface area contributed by atoms with Crippen molar-refractivity contribution >= 4 is 17.5 Å². The van der Waals surface area contributed by atoms with E-state index in [1.54, 1.807) is 64.7 Å². The van der Waals surface area contributed by atoms with Crippen LogP contribution >= 0.6 is 0 Å². The average molecular weight is 385 g/mol. The number of carbonyl (C=O) groups excluding carboxylic acids is 2. The summed E-state index contributed by atoms with van der Waals surface area (Å²) in [6, 6.07) is 16.1. The van der Waals surface area contributed by atoms with Crippen molar-refractivity contribution in [3.05, 3.63) is 72.1 Å². The standard InChI is InChI=1S/C22H19N5O2/c1-15-13-27(19-8-3-2-5-18(19)12-23)20(28)14-26(15)22(29)17-7-4-6-16(11-17)21-24-9-10-25-21/h2-11,15H,13-14H2,1H3,(H,24,25)/t15-/m1/s1. The van der Waals surface area contributed by atoms with Crippen molar-refractivity contribution in [2.75, 3.05) is 18.0 Å². The van der Waals surface area contributed by atoms with Crippen LogP contribution in [0, 0.1) is 11.3 Å². The second-order valence-electron chi connectivity index (χ2n) is 6.93. The van der Waals surface area contributed by atoms with Gasteiger partial charge in [-0.25, -0.2) is 4.98 Å². The van der Waals surface area contributed by atoms with E-state index in [-0.39, 0.29) is 24.4 Å². The maximum Gasteiger partial charge on any atom is 0.254 e. The fourth-order valence-electron chi connectivity index (χ4n) is 3.55. The summed E-state index contributed by atoms with van der Waals surface area (Å²) in [7, 11) is 0. The van der Waals surface area contributed by atoms with Gasteiger partial charge in [-0.2, -0.15) is 5.26 Å². The van der Waals surface area contributed by atoms with Crippen molar-refractivity contribution in [2.45, 2.75) is 13.0 Å². The lowest BCUT2D eigenvalue weighted by Crippen LogP contribution is -2.57. The van der Waals surface area contributed by atoms with Crippen molar-refractivity contribution in [1.82, 2.24) is 14.9 Å². The summed E-state index contributed by atoms with van der Waals surface area (Å²) in [5.74, 6) is 0.274. The van der Waals surface area contributed by atoms with Gasteiger partial charge in [0.2, 0.25) is 5.91 Å². The summed E-state index contributed by atoms with van der Waals surface area (Å²) >= 11 is 0. The minimum atomic E-state index is -0.207. The number of anilines is 1. The summed E-state index contributed by atoms with van der Waals surface area (Å²) in [5, 5.41) is 9.33. The first-order valence-electron chi connectivity index (χ1n) is 9.29. The normalized spacial score (nSPS) is 16.6. The molecule has 7 nitrogen and oxygen atoms in total. The zero-order chi connectivity index (χ0) is 20.4. The largest absolute Gasteiger partial charge is 0.345 e. The zero-order valence-corrected chi connectivity index (χ0v) is 15.9. The molecule has 0 radical (unpaired) electrons. The van der Waals surface area contributed by atoms with Gasteiger partial charge < -0.3 is 14.8 Å². The number of para-hydroxylation sites is 1. The number of imidazole rings is 1.